The summed E-state index contributed by atoms with van der Waals surface area (Å²) in [5.74, 6) is -5.24. The summed E-state index contributed by atoms with van der Waals surface area (Å²) in [6.45, 7) is -1.29. The highest BCUT2D eigenvalue weighted by Gasteiger charge is 2.55. The van der Waals surface area contributed by atoms with Gasteiger partial charge in [0.05, 0.1) is 40.0 Å². The Bertz CT molecular complexity index is 2750. The number of esters is 6. The summed E-state index contributed by atoms with van der Waals surface area (Å²) in [7, 11) is 1.25. The van der Waals surface area contributed by atoms with Crippen molar-refractivity contribution < 1.29 is 81.2 Å². The minimum atomic E-state index is -1.95. The largest absolute Gasteiger partial charge is 0.459 e. The van der Waals surface area contributed by atoms with E-state index in [4.69, 9.17) is 47.4 Å². The SMILES string of the molecule is CO[C@H]1O[C@H](CO[C@H]2O[C@H](COC(=O)c3ccccc3)[C@@H](OC(=O)c3ccccc3)[C@H](OC(=O)c3ccccc3)[C@@H]2O)[C@@H](OC(=O)c2ccccc2)[C@H](OC(=O)c2ccccc2)[C@@H]1OC(=O)c1ccccc1. The summed E-state index contributed by atoms with van der Waals surface area (Å²) >= 11 is 0. The van der Waals surface area contributed by atoms with E-state index in [1.165, 1.54) is 79.9 Å². The Kier molecular flexibility index (Phi) is 16.9. The van der Waals surface area contributed by atoms with Gasteiger partial charge in [-0.15, -0.1) is 0 Å². The van der Waals surface area contributed by atoms with Gasteiger partial charge in [0.25, 0.3) is 0 Å². The fourth-order valence-corrected chi connectivity index (χ4v) is 7.88. The van der Waals surface area contributed by atoms with Gasteiger partial charge in [-0.2, -0.15) is 0 Å². The number of carbonyl (C=O) groups is 6. The van der Waals surface area contributed by atoms with Crippen LogP contribution in [-0.4, -0.2) is 123 Å². The monoisotopic (exact) mass is 980 g/mol. The third-order valence-corrected chi connectivity index (χ3v) is 11.5. The molecule has 0 aliphatic carbocycles. The minimum absolute atomic E-state index is 0.0803. The lowest BCUT2D eigenvalue weighted by atomic mass is 9.97. The number of rotatable bonds is 17. The van der Waals surface area contributed by atoms with Crippen molar-refractivity contribution in [2.24, 2.45) is 0 Å². The van der Waals surface area contributed by atoms with Crippen LogP contribution in [0.5, 0.6) is 0 Å². The maximum atomic E-state index is 14.0. The molecule has 0 saturated carbocycles. The molecule has 2 aliphatic heterocycles. The van der Waals surface area contributed by atoms with Crippen LogP contribution >= 0.6 is 0 Å². The number of aliphatic hydroxyl groups is 1. The van der Waals surface area contributed by atoms with Gasteiger partial charge in [-0.3, -0.25) is 0 Å². The minimum Gasteiger partial charge on any atom is -0.459 e. The number of ether oxygens (including phenoxy) is 10. The van der Waals surface area contributed by atoms with Gasteiger partial charge >= 0.3 is 35.8 Å². The van der Waals surface area contributed by atoms with Gasteiger partial charge in [0, 0.05) is 7.11 Å². The van der Waals surface area contributed by atoms with E-state index in [0.29, 0.717) is 0 Å². The topological polar surface area (TPSA) is 215 Å². The van der Waals surface area contributed by atoms with Crippen LogP contribution in [0.3, 0.4) is 0 Å². The number of aliphatic hydroxyl groups excluding tert-OH is 1. The van der Waals surface area contributed by atoms with Crippen molar-refractivity contribution in [2.45, 2.75) is 61.4 Å². The normalized spacial score (nSPS) is 23.6. The predicted molar refractivity (Wildman–Crippen MR) is 251 cm³/mol. The highest BCUT2D eigenvalue weighted by molar-refractivity contribution is 5.92. The first-order chi connectivity index (χ1) is 35.1. The molecule has 0 bridgehead atoms. The predicted octanol–water partition coefficient (Wildman–Crippen LogP) is 6.45. The molecule has 370 valence electrons. The van der Waals surface area contributed by atoms with Crippen LogP contribution in [-0.2, 0) is 47.4 Å². The van der Waals surface area contributed by atoms with Crippen molar-refractivity contribution >= 4 is 35.8 Å². The van der Waals surface area contributed by atoms with Crippen molar-refractivity contribution in [2.75, 3.05) is 20.3 Å². The molecule has 0 amide bonds. The van der Waals surface area contributed by atoms with Crippen LogP contribution in [0.1, 0.15) is 62.1 Å². The zero-order chi connectivity index (χ0) is 50.4. The van der Waals surface area contributed by atoms with Gasteiger partial charge in [-0.1, -0.05) is 109 Å². The van der Waals surface area contributed by atoms with Gasteiger partial charge < -0.3 is 52.5 Å². The Morgan fingerprint density at radius 1 is 0.375 bits per heavy atom. The zero-order valence-corrected chi connectivity index (χ0v) is 38.5. The van der Waals surface area contributed by atoms with E-state index >= 15 is 0 Å². The number of carbonyl (C=O) groups excluding carboxylic acids is 6. The standard InChI is InChI=1S/C55H48O17/c1-63-55-47(72-53(62)39-30-18-7-19-31-39)46(71-52(61)38-28-16-6-17-29-38)44(69-50(59)36-24-12-4-13-25-36)41(67-55)33-65-54-42(56)45(70-51(60)37-26-14-5-15-27-37)43(68-49(58)35-22-10-3-11-23-35)40(66-54)32-64-48(57)34-20-8-2-9-21-34/h2-31,40-47,54-56H,32-33H2,1H3/t40-,41-,42+,43-,44-,45-,46+,47+,54+,55+/m1/s1. The van der Waals surface area contributed by atoms with Crippen molar-refractivity contribution in [1.29, 1.82) is 0 Å². The molecule has 2 fully saturated rings. The van der Waals surface area contributed by atoms with Crippen molar-refractivity contribution in [1.82, 2.24) is 0 Å². The molecule has 17 nitrogen and oxygen atoms in total. The number of hydrogen-bond donors (Lipinski definition) is 1. The Labute approximate surface area is 413 Å². The van der Waals surface area contributed by atoms with E-state index in [0.717, 1.165) is 0 Å². The molecule has 6 aromatic carbocycles. The van der Waals surface area contributed by atoms with Gasteiger partial charge in [0.1, 0.15) is 24.9 Å². The summed E-state index contributed by atoms with van der Waals surface area (Å²) in [5.41, 5.74) is 0.688. The lowest BCUT2D eigenvalue weighted by Gasteiger charge is -2.45. The summed E-state index contributed by atoms with van der Waals surface area (Å²) in [5, 5.41) is 12.2. The molecule has 2 heterocycles. The molecule has 2 saturated heterocycles. The molecule has 17 heteroatoms. The van der Waals surface area contributed by atoms with E-state index in [9.17, 15) is 33.9 Å². The van der Waals surface area contributed by atoms with E-state index in [2.05, 4.69) is 0 Å². The van der Waals surface area contributed by atoms with Crippen LogP contribution in [0.15, 0.2) is 182 Å². The summed E-state index contributed by atoms with van der Waals surface area (Å²) < 4.78 is 60.4. The van der Waals surface area contributed by atoms with Crippen LogP contribution in [0.4, 0.5) is 0 Å². The Hall–Kier alpha value is -8.06. The third-order valence-electron chi connectivity index (χ3n) is 11.5. The van der Waals surface area contributed by atoms with E-state index in [-0.39, 0.29) is 33.4 Å². The number of benzene rings is 6. The summed E-state index contributed by atoms with van der Waals surface area (Å²) in [6, 6.07) is 47.4. The molecular formula is C55H48O17. The average molecular weight is 981 g/mol. The lowest BCUT2D eigenvalue weighted by Crippen LogP contribution is -2.64. The molecule has 72 heavy (non-hydrogen) atoms. The second-order valence-electron chi connectivity index (χ2n) is 16.3. The van der Waals surface area contributed by atoms with Gasteiger partial charge in [0.2, 0.25) is 0 Å². The van der Waals surface area contributed by atoms with Crippen molar-refractivity contribution in [3.8, 4) is 0 Å². The molecule has 10 atom stereocenters. The fourth-order valence-electron chi connectivity index (χ4n) is 7.88. The first-order valence-corrected chi connectivity index (χ1v) is 22.7. The number of hydrogen-bond acceptors (Lipinski definition) is 17. The van der Waals surface area contributed by atoms with E-state index in [1.807, 2.05) is 0 Å². The average Bonchev–Trinajstić information content (AvgIpc) is 3.43. The zero-order valence-electron chi connectivity index (χ0n) is 38.5. The molecule has 1 N–H and O–H groups in total. The maximum absolute atomic E-state index is 14.0. The van der Waals surface area contributed by atoms with Crippen LogP contribution in [0, 0.1) is 0 Å². The van der Waals surface area contributed by atoms with Crippen LogP contribution < -0.4 is 0 Å². The molecule has 0 aromatic heterocycles. The number of methoxy groups -OCH3 is 1. The van der Waals surface area contributed by atoms with Crippen LogP contribution in [0.25, 0.3) is 0 Å². The Morgan fingerprint density at radius 2 is 0.667 bits per heavy atom. The van der Waals surface area contributed by atoms with E-state index < -0.39 is 110 Å². The van der Waals surface area contributed by atoms with Gasteiger partial charge in [-0.05, 0) is 72.8 Å². The Morgan fingerprint density at radius 3 is 1.04 bits per heavy atom. The summed E-state index contributed by atoms with van der Waals surface area (Å²) in [4.78, 5) is 82.5. The summed E-state index contributed by atoms with van der Waals surface area (Å²) in [6.07, 6.45) is -16.5. The van der Waals surface area contributed by atoms with Crippen molar-refractivity contribution in [3.63, 3.8) is 0 Å². The molecule has 0 unspecified atom stereocenters. The maximum Gasteiger partial charge on any atom is 0.338 e. The Balaban J connectivity index is 1.14. The first kappa shape index (κ1) is 50.3. The molecule has 0 radical (unpaired) electrons. The molecule has 0 spiro atoms. The van der Waals surface area contributed by atoms with E-state index in [1.54, 1.807) is 109 Å². The second kappa shape index (κ2) is 24.2. The lowest BCUT2D eigenvalue weighted by molar-refractivity contribution is -0.326. The highest BCUT2D eigenvalue weighted by atomic mass is 16.8. The molecule has 8 rings (SSSR count). The highest BCUT2D eigenvalue weighted by Crippen LogP contribution is 2.34. The third kappa shape index (κ3) is 12.4. The fraction of sp³-hybridized carbons (Fsp3) is 0.236. The van der Waals surface area contributed by atoms with Crippen LogP contribution in [0.2, 0.25) is 0 Å². The van der Waals surface area contributed by atoms with Gasteiger partial charge in [0.15, 0.2) is 43.1 Å². The smallest absolute Gasteiger partial charge is 0.338 e. The second-order valence-corrected chi connectivity index (χ2v) is 16.3. The molecular weight excluding hydrogens is 933 g/mol. The van der Waals surface area contributed by atoms with Crippen molar-refractivity contribution in [3.05, 3.63) is 215 Å². The quantitative estimate of drug-likeness (QED) is 0.0768. The molecule has 2 aliphatic rings. The van der Waals surface area contributed by atoms with Gasteiger partial charge in [-0.25, -0.2) is 28.8 Å². The molecule has 6 aromatic rings. The first-order valence-electron chi connectivity index (χ1n) is 22.7.